The van der Waals surface area contributed by atoms with Gasteiger partial charge in [-0.05, 0) is 65.7 Å². The molecule has 0 radical (unpaired) electrons. The van der Waals surface area contributed by atoms with E-state index in [1.165, 1.54) is 20.2 Å². The maximum atomic E-state index is 6.86. The van der Waals surface area contributed by atoms with Crippen LogP contribution in [0.1, 0.15) is 0 Å². The summed E-state index contributed by atoms with van der Waals surface area (Å²) < 4.78 is 16.0. The second-order valence-electron chi connectivity index (χ2n) is 13.2. The Morgan fingerprint density at radius 2 is 0.942 bits per heavy atom. The summed E-state index contributed by atoms with van der Waals surface area (Å²) in [7, 11) is 0. The van der Waals surface area contributed by atoms with Gasteiger partial charge in [-0.3, -0.25) is 0 Å². The van der Waals surface area contributed by atoms with E-state index in [2.05, 4.69) is 175 Å². The Hall–Kier alpha value is -6.62. The molecule has 244 valence electrons. The van der Waals surface area contributed by atoms with Gasteiger partial charge >= 0.3 is 0 Å². The molecule has 0 aliphatic heterocycles. The zero-order valence-electron chi connectivity index (χ0n) is 27.9. The average Bonchev–Trinajstić information content (AvgIpc) is 3.91. The van der Waals surface area contributed by atoms with Gasteiger partial charge in [-0.2, -0.15) is 0 Å². The monoisotopic (exact) mass is 683 g/mol. The molecular weight excluding hydrogens is 655 g/mol. The highest BCUT2D eigenvalue weighted by Crippen LogP contribution is 2.54. The van der Waals surface area contributed by atoms with Crippen LogP contribution in [0.4, 0.5) is 17.1 Å². The molecule has 0 saturated heterocycles. The normalized spacial score (nSPS) is 11.8. The Labute approximate surface area is 303 Å². The summed E-state index contributed by atoms with van der Waals surface area (Å²) in [6.45, 7) is 0. The summed E-state index contributed by atoms with van der Waals surface area (Å²) in [5.74, 6) is 0. The molecule has 0 aliphatic rings. The Balaban J connectivity index is 1.36. The first kappa shape index (κ1) is 29.1. The summed E-state index contributed by atoms with van der Waals surface area (Å²) >= 11 is 1.84. The lowest BCUT2D eigenvalue weighted by Crippen LogP contribution is -2.12. The molecule has 3 heterocycles. The molecule has 0 spiro atoms. The van der Waals surface area contributed by atoms with Crippen LogP contribution >= 0.6 is 11.3 Å². The van der Waals surface area contributed by atoms with Crippen molar-refractivity contribution in [3.05, 3.63) is 176 Å². The van der Waals surface area contributed by atoms with E-state index in [0.717, 1.165) is 83.2 Å². The smallest absolute Gasteiger partial charge is 0.145 e. The van der Waals surface area contributed by atoms with Crippen LogP contribution in [-0.4, -0.2) is 0 Å². The molecule has 0 N–H and O–H groups in total. The summed E-state index contributed by atoms with van der Waals surface area (Å²) in [5, 5.41) is 6.75. The zero-order valence-corrected chi connectivity index (χ0v) is 28.7. The quantitative estimate of drug-likeness (QED) is 0.181. The molecule has 8 aromatic carbocycles. The number of furan rings is 2. The molecule has 4 heteroatoms. The number of anilines is 3. The number of benzene rings is 8. The fourth-order valence-corrected chi connectivity index (χ4v) is 9.16. The Bertz CT molecular complexity index is 3130. The number of para-hydroxylation sites is 2. The highest BCUT2D eigenvalue weighted by molar-refractivity contribution is 7.26. The first-order valence-corrected chi connectivity index (χ1v) is 18.3. The fourth-order valence-electron chi connectivity index (χ4n) is 8.04. The third-order valence-corrected chi connectivity index (χ3v) is 11.4. The number of fused-ring (bicyclic) bond motifs is 9. The van der Waals surface area contributed by atoms with Crippen molar-refractivity contribution < 1.29 is 8.83 Å². The van der Waals surface area contributed by atoms with Crippen LogP contribution in [0.3, 0.4) is 0 Å². The average molecular weight is 684 g/mol. The molecule has 0 unspecified atom stereocenters. The van der Waals surface area contributed by atoms with E-state index < -0.39 is 0 Å². The fraction of sp³-hybridized carbons (Fsp3) is 0. The number of thiophene rings is 1. The van der Waals surface area contributed by atoms with Crippen LogP contribution in [0, 0.1) is 0 Å². The van der Waals surface area contributed by atoms with Crippen molar-refractivity contribution in [3.8, 4) is 22.3 Å². The lowest BCUT2D eigenvalue weighted by atomic mass is 9.95. The van der Waals surface area contributed by atoms with E-state index in [1.54, 1.807) is 0 Å². The van der Waals surface area contributed by atoms with Gasteiger partial charge in [-0.1, -0.05) is 121 Å². The molecule has 0 saturated carbocycles. The number of nitrogens with zero attached hydrogens (tertiary/aromatic N) is 1. The lowest BCUT2D eigenvalue weighted by Gasteiger charge is -2.30. The Kier molecular flexibility index (Phi) is 6.42. The summed E-state index contributed by atoms with van der Waals surface area (Å²) in [4.78, 5) is 2.49. The molecule has 0 bridgehead atoms. The summed E-state index contributed by atoms with van der Waals surface area (Å²) in [6.07, 6.45) is 0. The lowest BCUT2D eigenvalue weighted by molar-refractivity contribution is 0.669. The maximum Gasteiger partial charge on any atom is 0.145 e. The summed E-state index contributed by atoms with van der Waals surface area (Å²) in [5.41, 5.74) is 11.1. The SMILES string of the molecule is c1ccc(-c2ccc3oc4ccccc4c3c2N(c2cccc3sc4ccccc4c23)c2ccc(-c3ccccc3)c3oc4ccccc4c23)cc1. The van der Waals surface area contributed by atoms with Gasteiger partial charge in [0.15, 0.2) is 0 Å². The number of hydrogen-bond donors (Lipinski definition) is 0. The van der Waals surface area contributed by atoms with Crippen molar-refractivity contribution in [1.29, 1.82) is 0 Å². The number of hydrogen-bond acceptors (Lipinski definition) is 4. The van der Waals surface area contributed by atoms with E-state index >= 15 is 0 Å². The van der Waals surface area contributed by atoms with Gasteiger partial charge < -0.3 is 13.7 Å². The summed E-state index contributed by atoms with van der Waals surface area (Å²) in [6, 6.07) is 62.4. The predicted octanol–water partition coefficient (Wildman–Crippen LogP) is 14.7. The molecule has 0 aliphatic carbocycles. The van der Waals surface area contributed by atoms with Crippen molar-refractivity contribution >= 4 is 92.4 Å². The number of rotatable bonds is 5. The predicted molar refractivity (Wildman–Crippen MR) is 219 cm³/mol. The molecule has 0 fully saturated rings. The van der Waals surface area contributed by atoms with Crippen molar-refractivity contribution in [2.75, 3.05) is 4.90 Å². The Morgan fingerprint density at radius 1 is 0.365 bits per heavy atom. The molecule has 0 atom stereocenters. The minimum atomic E-state index is 0.845. The molecule has 11 aromatic rings. The van der Waals surface area contributed by atoms with E-state index in [4.69, 9.17) is 8.83 Å². The van der Waals surface area contributed by atoms with Crippen LogP contribution in [0.25, 0.3) is 86.3 Å². The Morgan fingerprint density at radius 3 is 1.71 bits per heavy atom. The topological polar surface area (TPSA) is 29.5 Å². The van der Waals surface area contributed by atoms with Gasteiger partial charge in [0, 0.05) is 42.1 Å². The third kappa shape index (κ3) is 4.31. The van der Waals surface area contributed by atoms with Crippen molar-refractivity contribution in [3.63, 3.8) is 0 Å². The van der Waals surface area contributed by atoms with Crippen LogP contribution in [0.15, 0.2) is 185 Å². The largest absolute Gasteiger partial charge is 0.456 e. The van der Waals surface area contributed by atoms with Gasteiger partial charge in [0.05, 0.1) is 27.8 Å². The molecule has 52 heavy (non-hydrogen) atoms. The van der Waals surface area contributed by atoms with Gasteiger partial charge in [0.1, 0.15) is 22.3 Å². The van der Waals surface area contributed by atoms with Crippen molar-refractivity contribution in [1.82, 2.24) is 0 Å². The third-order valence-electron chi connectivity index (χ3n) is 10.3. The molecular formula is C48H29NO2S. The minimum absolute atomic E-state index is 0.845. The van der Waals surface area contributed by atoms with Gasteiger partial charge in [0.2, 0.25) is 0 Å². The minimum Gasteiger partial charge on any atom is -0.456 e. The van der Waals surface area contributed by atoms with Crippen LogP contribution in [0.5, 0.6) is 0 Å². The van der Waals surface area contributed by atoms with Crippen LogP contribution < -0.4 is 4.90 Å². The van der Waals surface area contributed by atoms with Gasteiger partial charge in [-0.15, -0.1) is 11.3 Å². The highest BCUT2D eigenvalue weighted by atomic mass is 32.1. The van der Waals surface area contributed by atoms with Gasteiger partial charge in [0.25, 0.3) is 0 Å². The van der Waals surface area contributed by atoms with Gasteiger partial charge in [-0.25, -0.2) is 0 Å². The van der Waals surface area contributed by atoms with Crippen molar-refractivity contribution in [2.24, 2.45) is 0 Å². The molecule has 3 aromatic heterocycles. The van der Waals surface area contributed by atoms with E-state index in [1.807, 2.05) is 17.4 Å². The standard InChI is InChI=1S/C48H29NO2S/c1-3-14-30(15-4-1)32-27-29-41-46(35-19-8-10-22-39(35)50-41)47(32)49(37-21-13-25-43-44(37)36-20-9-12-24-42(36)52-43)38-28-26-33(31-16-5-2-6-17-31)48-45(38)34-18-7-11-23-40(34)51-48/h1-29H. The van der Waals surface area contributed by atoms with E-state index in [0.29, 0.717) is 0 Å². The van der Waals surface area contributed by atoms with Crippen LogP contribution in [-0.2, 0) is 0 Å². The molecule has 11 rings (SSSR count). The van der Waals surface area contributed by atoms with Crippen LogP contribution in [0.2, 0.25) is 0 Å². The molecule has 3 nitrogen and oxygen atoms in total. The van der Waals surface area contributed by atoms with Crippen molar-refractivity contribution in [2.45, 2.75) is 0 Å². The second-order valence-corrected chi connectivity index (χ2v) is 14.3. The first-order chi connectivity index (χ1) is 25.8. The maximum absolute atomic E-state index is 6.86. The second kappa shape index (κ2) is 11.5. The highest BCUT2D eigenvalue weighted by Gasteiger charge is 2.29. The first-order valence-electron chi connectivity index (χ1n) is 17.5. The molecule has 0 amide bonds. The zero-order chi connectivity index (χ0) is 34.2. The van der Waals surface area contributed by atoms with E-state index in [-0.39, 0.29) is 0 Å². The van der Waals surface area contributed by atoms with E-state index in [9.17, 15) is 0 Å².